The van der Waals surface area contributed by atoms with Gasteiger partial charge in [0, 0.05) is 12.8 Å². The number of unbranched alkanes of at least 4 members (excludes halogenated alkanes) is 1. The van der Waals surface area contributed by atoms with E-state index in [-0.39, 0.29) is 0 Å². The third-order valence-corrected chi connectivity index (χ3v) is 2.67. The number of rotatable bonds is 5. The second-order valence-electron chi connectivity index (χ2n) is 4.17. The van der Waals surface area contributed by atoms with Gasteiger partial charge in [-0.2, -0.15) is 0 Å². The minimum Gasteiger partial charge on any atom is -0.384 e. The summed E-state index contributed by atoms with van der Waals surface area (Å²) in [7, 11) is 0. The van der Waals surface area contributed by atoms with Gasteiger partial charge in [0.25, 0.3) is 0 Å². The van der Waals surface area contributed by atoms with E-state index in [4.69, 9.17) is 0 Å². The molecule has 0 saturated heterocycles. The molecule has 0 bridgehead atoms. The molecule has 0 aromatic heterocycles. The molecule has 90 valence electrons. The van der Waals surface area contributed by atoms with E-state index in [1.54, 1.807) is 6.08 Å². The minimum absolute atomic E-state index is 0.461. The molecule has 0 heterocycles. The van der Waals surface area contributed by atoms with E-state index in [2.05, 4.69) is 25.3 Å². The van der Waals surface area contributed by atoms with Crippen molar-refractivity contribution in [2.45, 2.75) is 38.2 Å². The maximum Gasteiger partial charge on any atom is 0.104 e. The Morgan fingerprint density at radius 2 is 2.00 bits per heavy atom. The first-order valence-electron chi connectivity index (χ1n) is 6.07. The van der Waals surface area contributed by atoms with Gasteiger partial charge in [-0.1, -0.05) is 49.3 Å². The van der Waals surface area contributed by atoms with Crippen LogP contribution in [0.1, 0.15) is 38.2 Å². The first-order valence-corrected chi connectivity index (χ1v) is 6.07. The average molecular weight is 228 g/mol. The molecular weight excluding hydrogens is 208 g/mol. The standard InChI is InChI=1S/C16H20O/c1-3-5-6-10-14-16(17,13-4-2)15-11-8-7-9-12-15/h4,7-9,11-12,17H,2-3,5,13-14H2,1H3. The van der Waals surface area contributed by atoms with Gasteiger partial charge >= 0.3 is 0 Å². The van der Waals surface area contributed by atoms with Crippen LogP contribution in [0.3, 0.4) is 0 Å². The Kier molecular flexibility index (Phi) is 5.52. The Bertz CT molecular complexity index is 397. The van der Waals surface area contributed by atoms with Crippen LogP contribution in [-0.4, -0.2) is 5.11 Å². The molecule has 0 aliphatic carbocycles. The Balaban J connectivity index is 2.83. The summed E-state index contributed by atoms with van der Waals surface area (Å²) in [6.07, 6.45) is 4.67. The Morgan fingerprint density at radius 1 is 1.29 bits per heavy atom. The highest BCUT2D eigenvalue weighted by Crippen LogP contribution is 2.28. The van der Waals surface area contributed by atoms with E-state index in [0.717, 1.165) is 18.4 Å². The molecule has 1 aromatic rings. The molecule has 1 rings (SSSR count). The number of benzene rings is 1. The Labute approximate surface area is 104 Å². The van der Waals surface area contributed by atoms with Gasteiger partial charge in [0.15, 0.2) is 0 Å². The van der Waals surface area contributed by atoms with Gasteiger partial charge in [-0.05, 0) is 18.4 Å². The summed E-state index contributed by atoms with van der Waals surface area (Å²) < 4.78 is 0. The van der Waals surface area contributed by atoms with Crippen LogP contribution in [0.4, 0.5) is 0 Å². The molecule has 1 nitrogen and oxygen atoms in total. The van der Waals surface area contributed by atoms with Crippen molar-refractivity contribution >= 4 is 0 Å². The van der Waals surface area contributed by atoms with Crippen LogP contribution in [0, 0.1) is 11.8 Å². The highest BCUT2D eigenvalue weighted by Gasteiger charge is 2.26. The third-order valence-electron chi connectivity index (χ3n) is 2.67. The Morgan fingerprint density at radius 3 is 2.59 bits per heavy atom. The van der Waals surface area contributed by atoms with Crippen LogP contribution < -0.4 is 0 Å². The van der Waals surface area contributed by atoms with Crippen LogP contribution >= 0.6 is 0 Å². The van der Waals surface area contributed by atoms with Crippen LogP contribution in [0.15, 0.2) is 43.0 Å². The summed E-state index contributed by atoms with van der Waals surface area (Å²) in [4.78, 5) is 0. The summed E-state index contributed by atoms with van der Waals surface area (Å²) in [6.45, 7) is 5.81. The lowest BCUT2D eigenvalue weighted by atomic mass is 9.87. The van der Waals surface area contributed by atoms with Gasteiger partial charge in [0.1, 0.15) is 5.60 Å². The highest BCUT2D eigenvalue weighted by atomic mass is 16.3. The summed E-state index contributed by atoms with van der Waals surface area (Å²) >= 11 is 0. The fourth-order valence-corrected chi connectivity index (χ4v) is 1.70. The van der Waals surface area contributed by atoms with Gasteiger partial charge in [-0.3, -0.25) is 0 Å². The predicted molar refractivity (Wildman–Crippen MR) is 72.5 cm³/mol. The molecule has 1 heteroatoms. The summed E-state index contributed by atoms with van der Waals surface area (Å²) in [5.41, 5.74) is 0.00900. The molecule has 0 spiro atoms. The van der Waals surface area contributed by atoms with E-state index in [1.165, 1.54) is 0 Å². The largest absolute Gasteiger partial charge is 0.384 e. The van der Waals surface area contributed by atoms with Crippen molar-refractivity contribution < 1.29 is 5.11 Å². The zero-order valence-corrected chi connectivity index (χ0v) is 10.4. The van der Waals surface area contributed by atoms with E-state index in [9.17, 15) is 5.11 Å². The predicted octanol–water partition coefficient (Wildman–Crippen LogP) is 3.64. The van der Waals surface area contributed by atoms with Gasteiger partial charge in [0.2, 0.25) is 0 Å². The Hall–Kier alpha value is -1.52. The van der Waals surface area contributed by atoms with Gasteiger partial charge in [-0.15, -0.1) is 12.5 Å². The fourth-order valence-electron chi connectivity index (χ4n) is 1.70. The maximum absolute atomic E-state index is 10.6. The van der Waals surface area contributed by atoms with Crippen molar-refractivity contribution in [3.8, 4) is 11.8 Å². The van der Waals surface area contributed by atoms with Gasteiger partial charge in [0.05, 0.1) is 0 Å². The summed E-state index contributed by atoms with van der Waals surface area (Å²) in [5.74, 6) is 6.14. The van der Waals surface area contributed by atoms with Crippen molar-refractivity contribution in [3.63, 3.8) is 0 Å². The van der Waals surface area contributed by atoms with Crippen LogP contribution in [0.25, 0.3) is 0 Å². The second-order valence-corrected chi connectivity index (χ2v) is 4.17. The molecule has 0 saturated carbocycles. The molecule has 0 amide bonds. The quantitative estimate of drug-likeness (QED) is 0.602. The number of hydrogen-bond acceptors (Lipinski definition) is 1. The first-order chi connectivity index (χ1) is 8.23. The maximum atomic E-state index is 10.6. The molecule has 0 aliphatic heterocycles. The number of hydrogen-bond donors (Lipinski definition) is 1. The van der Waals surface area contributed by atoms with E-state index in [0.29, 0.717) is 12.8 Å². The molecular formula is C16H20O. The molecule has 17 heavy (non-hydrogen) atoms. The lowest BCUT2D eigenvalue weighted by Gasteiger charge is -2.25. The molecule has 0 fully saturated rings. The average Bonchev–Trinajstić information content (AvgIpc) is 2.36. The summed E-state index contributed by atoms with van der Waals surface area (Å²) in [5, 5.41) is 10.6. The normalized spacial score (nSPS) is 13.3. The van der Waals surface area contributed by atoms with E-state index in [1.807, 2.05) is 30.3 Å². The highest BCUT2D eigenvalue weighted by molar-refractivity contribution is 5.25. The molecule has 1 N–H and O–H groups in total. The van der Waals surface area contributed by atoms with Crippen molar-refractivity contribution in [3.05, 3.63) is 48.6 Å². The molecule has 0 aliphatic rings. The van der Waals surface area contributed by atoms with Crippen molar-refractivity contribution in [1.82, 2.24) is 0 Å². The topological polar surface area (TPSA) is 20.2 Å². The zero-order valence-electron chi connectivity index (χ0n) is 10.4. The molecule has 1 aromatic carbocycles. The van der Waals surface area contributed by atoms with Gasteiger partial charge in [-0.25, -0.2) is 0 Å². The van der Waals surface area contributed by atoms with Crippen LogP contribution in [0.2, 0.25) is 0 Å². The lowest BCUT2D eigenvalue weighted by Crippen LogP contribution is -2.24. The molecule has 1 atom stereocenters. The van der Waals surface area contributed by atoms with E-state index >= 15 is 0 Å². The van der Waals surface area contributed by atoms with Gasteiger partial charge < -0.3 is 5.11 Å². The van der Waals surface area contributed by atoms with Crippen molar-refractivity contribution in [2.24, 2.45) is 0 Å². The molecule has 0 radical (unpaired) electrons. The van der Waals surface area contributed by atoms with E-state index < -0.39 is 5.60 Å². The number of aliphatic hydroxyl groups is 1. The SMILES string of the molecule is C=CCC(O)(CC#CCCC)c1ccccc1. The smallest absolute Gasteiger partial charge is 0.104 e. The summed E-state index contributed by atoms with van der Waals surface area (Å²) in [6, 6.07) is 9.68. The zero-order chi connectivity index (χ0) is 12.6. The third kappa shape index (κ3) is 4.09. The first kappa shape index (κ1) is 13.5. The molecule has 1 unspecified atom stereocenters. The van der Waals surface area contributed by atoms with Crippen molar-refractivity contribution in [2.75, 3.05) is 0 Å². The monoisotopic (exact) mass is 228 g/mol. The second kappa shape index (κ2) is 6.93. The lowest BCUT2D eigenvalue weighted by molar-refractivity contribution is 0.0452. The van der Waals surface area contributed by atoms with Crippen LogP contribution in [-0.2, 0) is 5.60 Å². The van der Waals surface area contributed by atoms with Crippen molar-refractivity contribution in [1.29, 1.82) is 0 Å². The minimum atomic E-state index is -0.899. The van der Waals surface area contributed by atoms with Crippen LogP contribution in [0.5, 0.6) is 0 Å². The fraction of sp³-hybridized carbons (Fsp3) is 0.375.